The Bertz CT molecular complexity index is 1180. The van der Waals surface area contributed by atoms with Gasteiger partial charge in [0, 0.05) is 40.3 Å². The molecule has 0 radical (unpaired) electrons. The number of carbonyl (C=O) groups is 2. The Labute approximate surface area is 213 Å². The molecule has 2 aliphatic heterocycles. The number of para-hydroxylation sites is 1. The van der Waals surface area contributed by atoms with Crippen LogP contribution in [0.2, 0.25) is 0 Å². The lowest BCUT2D eigenvalue weighted by Gasteiger charge is -2.41. The summed E-state index contributed by atoms with van der Waals surface area (Å²) in [6, 6.07) is 15.2. The number of nitrogens with one attached hydrogen (secondary N) is 2. The molecule has 184 valence electrons. The highest BCUT2D eigenvalue weighted by Crippen LogP contribution is 2.35. The van der Waals surface area contributed by atoms with Gasteiger partial charge in [0.2, 0.25) is 0 Å². The van der Waals surface area contributed by atoms with Gasteiger partial charge in [0.1, 0.15) is 6.04 Å². The molecule has 2 saturated heterocycles. The van der Waals surface area contributed by atoms with Gasteiger partial charge < -0.3 is 20.3 Å². The van der Waals surface area contributed by atoms with E-state index in [9.17, 15) is 14.7 Å². The van der Waals surface area contributed by atoms with Crippen molar-refractivity contribution in [2.24, 2.45) is 5.92 Å². The maximum Gasteiger partial charge on any atom is 0.321 e. The van der Waals surface area contributed by atoms with Gasteiger partial charge in [-0.05, 0) is 86.5 Å². The van der Waals surface area contributed by atoms with Crippen molar-refractivity contribution >= 4 is 44.5 Å². The Morgan fingerprint density at radius 1 is 0.971 bits per heavy atom. The smallest absolute Gasteiger partial charge is 0.321 e. The maximum absolute atomic E-state index is 12.7. The number of likely N-dealkylation sites (tertiary alicyclic amines) is 2. The van der Waals surface area contributed by atoms with Gasteiger partial charge in [-0.3, -0.25) is 9.69 Å². The monoisotopic (exact) mass is 538 g/mol. The molecule has 1 atom stereocenters. The average molecular weight is 539 g/mol. The van der Waals surface area contributed by atoms with Crippen molar-refractivity contribution < 1.29 is 14.7 Å². The van der Waals surface area contributed by atoms with E-state index in [1.165, 1.54) is 10.9 Å². The molecule has 2 aromatic carbocycles. The van der Waals surface area contributed by atoms with E-state index in [4.69, 9.17) is 0 Å². The fourth-order valence-corrected chi connectivity index (χ4v) is 5.99. The number of benzene rings is 2. The summed E-state index contributed by atoms with van der Waals surface area (Å²) in [5.74, 6) is -0.247. The molecule has 35 heavy (non-hydrogen) atoms. The summed E-state index contributed by atoms with van der Waals surface area (Å²) < 4.78 is 0.960. The number of H-pyrrole nitrogens is 1. The molecule has 1 aromatic heterocycles. The zero-order valence-electron chi connectivity index (χ0n) is 19.6. The molecule has 2 aliphatic rings. The SMILES string of the molecule is O=C(O)C(C1CCN(C(=O)Nc2ccc(Br)cc2)CC1)N1CCC(c2c[nH]c3ccccc23)CC1. The van der Waals surface area contributed by atoms with Gasteiger partial charge in [-0.15, -0.1) is 0 Å². The van der Waals surface area contributed by atoms with Crippen LogP contribution >= 0.6 is 15.9 Å². The number of rotatable bonds is 5. The lowest BCUT2D eigenvalue weighted by atomic mass is 9.84. The highest BCUT2D eigenvalue weighted by Gasteiger charge is 2.38. The average Bonchev–Trinajstić information content (AvgIpc) is 3.30. The van der Waals surface area contributed by atoms with E-state index in [1.54, 1.807) is 4.90 Å². The van der Waals surface area contributed by atoms with Crippen LogP contribution in [0.25, 0.3) is 10.9 Å². The third kappa shape index (κ3) is 5.23. The van der Waals surface area contributed by atoms with Crippen LogP contribution in [-0.2, 0) is 4.79 Å². The molecule has 7 nitrogen and oxygen atoms in total. The van der Waals surface area contributed by atoms with Gasteiger partial charge >= 0.3 is 12.0 Å². The second-order valence-electron chi connectivity index (χ2n) is 9.64. The molecule has 5 rings (SSSR count). The third-order valence-electron chi connectivity index (χ3n) is 7.61. The molecule has 8 heteroatoms. The Morgan fingerprint density at radius 3 is 2.34 bits per heavy atom. The first-order chi connectivity index (χ1) is 17.0. The quantitative estimate of drug-likeness (QED) is 0.399. The van der Waals surface area contributed by atoms with Crippen molar-refractivity contribution in [2.45, 2.75) is 37.6 Å². The first kappa shape index (κ1) is 23.9. The Balaban J connectivity index is 1.17. The maximum atomic E-state index is 12.7. The summed E-state index contributed by atoms with van der Waals surface area (Å²) >= 11 is 3.40. The number of carboxylic acids is 1. The molecule has 0 spiro atoms. The number of aromatic nitrogens is 1. The highest BCUT2D eigenvalue weighted by atomic mass is 79.9. The minimum absolute atomic E-state index is 0.0499. The zero-order chi connectivity index (χ0) is 24.4. The Kier molecular flexibility index (Phi) is 7.11. The van der Waals surface area contributed by atoms with E-state index in [-0.39, 0.29) is 11.9 Å². The fourth-order valence-electron chi connectivity index (χ4n) is 5.73. The van der Waals surface area contributed by atoms with Crippen molar-refractivity contribution in [3.8, 4) is 0 Å². The van der Waals surface area contributed by atoms with Gasteiger partial charge in [-0.25, -0.2) is 4.79 Å². The molecule has 3 N–H and O–H groups in total. The van der Waals surface area contributed by atoms with Gasteiger partial charge in [0.05, 0.1) is 0 Å². The predicted octanol–water partition coefficient (Wildman–Crippen LogP) is 5.51. The molecule has 3 aromatic rings. The van der Waals surface area contributed by atoms with Crippen molar-refractivity contribution in [2.75, 3.05) is 31.5 Å². The second kappa shape index (κ2) is 10.4. The second-order valence-corrected chi connectivity index (χ2v) is 10.6. The number of urea groups is 1. The molecule has 1 unspecified atom stereocenters. The minimum Gasteiger partial charge on any atom is -0.480 e. The molecular formula is C27H31BrN4O3. The first-order valence-corrected chi connectivity index (χ1v) is 13.1. The number of fused-ring (bicyclic) bond motifs is 1. The Hall–Kier alpha value is -2.84. The topological polar surface area (TPSA) is 88.7 Å². The summed E-state index contributed by atoms with van der Waals surface area (Å²) in [5, 5.41) is 14.3. The lowest BCUT2D eigenvalue weighted by molar-refractivity contribution is -0.146. The predicted molar refractivity (Wildman–Crippen MR) is 141 cm³/mol. The largest absolute Gasteiger partial charge is 0.480 e. The number of carbonyl (C=O) groups excluding carboxylic acids is 1. The molecular weight excluding hydrogens is 508 g/mol. The third-order valence-corrected chi connectivity index (χ3v) is 8.13. The number of anilines is 1. The van der Waals surface area contributed by atoms with Crippen LogP contribution in [0.4, 0.5) is 10.5 Å². The van der Waals surface area contributed by atoms with Crippen LogP contribution in [-0.4, -0.2) is 64.1 Å². The lowest BCUT2D eigenvalue weighted by Crippen LogP contribution is -2.52. The van der Waals surface area contributed by atoms with Gasteiger partial charge in [0.25, 0.3) is 0 Å². The van der Waals surface area contributed by atoms with E-state index < -0.39 is 12.0 Å². The van der Waals surface area contributed by atoms with Crippen molar-refractivity contribution in [3.63, 3.8) is 0 Å². The number of piperidine rings is 2. The fraction of sp³-hybridized carbons (Fsp3) is 0.407. The van der Waals surface area contributed by atoms with Crippen molar-refractivity contribution in [3.05, 3.63) is 64.8 Å². The summed E-state index contributed by atoms with van der Waals surface area (Å²) in [4.78, 5) is 32.3. The van der Waals surface area contributed by atoms with Crippen LogP contribution < -0.4 is 5.32 Å². The van der Waals surface area contributed by atoms with Crippen LogP contribution in [0.5, 0.6) is 0 Å². The van der Waals surface area contributed by atoms with Gasteiger partial charge in [-0.2, -0.15) is 0 Å². The number of aliphatic carboxylic acids is 1. The Morgan fingerprint density at radius 2 is 1.66 bits per heavy atom. The summed E-state index contributed by atoms with van der Waals surface area (Å²) in [6.07, 6.45) is 5.44. The summed E-state index contributed by atoms with van der Waals surface area (Å²) in [5.41, 5.74) is 3.25. The molecule has 0 bridgehead atoms. The first-order valence-electron chi connectivity index (χ1n) is 12.3. The molecule has 2 fully saturated rings. The van der Waals surface area contributed by atoms with Crippen molar-refractivity contribution in [1.29, 1.82) is 0 Å². The van der Waals surface area contributed by atoms with Crippen LogP contribution in [0.1, 0.15) is 37.2 Å². The van der Waals surface area contributed by atoms with Crippen LogP contribution in [0, 0.1) is 5.92 Å². The highest BCUT2D eigenvalue weighted by molar-refractivity contribution is 9.10. The molecule has 0 saturated carbocycles. The van der Waals surface area contributed by atoms with E-state index in [0.717, 1.165) is 41.6 Å². The number of amides is 2. The molecule has 2 amide bonds. The summed E-state index contributed by atoms with van der Waals surface area (Å²) in [7, 11) is 0. The molecule has 3 heterocycles. The van der Waals surface area contributed by atoms with E-state index >= 15 is 0 Å². The van der Waals surface area contributed by atoms with Crippen LogP contribution in [0.3, 0.4) is 0 Å². The number of hydrogen-bond acceptors (Lipinski definition) is 3. The van der Waals surface area contributed by atoms with Crippen molar-refractivity contribution in [1.82, 2.24) is 14.8 Å². The standard InChI is InChI=1S/C27H31BrN4O3/c28-20-5-7-21(8-6-20)30-27(35)32-15-11-19(12-16-32)25(26(33)34)31-13-9-18(10-14-31)23-17-29-24-4-2-1-3-22(23)24/h1-8,17-19,25,29H,9-16H2,(H,30,35)(H,33,34). The van der Waals surface area contributed by atoms with Crippen LogP contribution in [0.15, 0.2) is 59.2 Å². The number of halogens is 1. The van der Waals surface area contributed by atoms with E-state index in [1.807, 2.05) is 30.3 Å². The van der Waals surface area contributed by atoms with E-state index in [2.05, 4.69) is 55.5 Å². The molecule has 0 aliphatic carbocycles. The number of hydrogen-bond donors (Lipinski definition) is 3. The van der Waals surface area contributed by atoms with E-state index in [0.29, 0.717) is 31.8 Å². The van der Waals surface area contributed by atoms with Gasteiger partial charge in [-0.1, -0.05) is 34.1 Å². The van der Waals surface area contributed by atoms with Gasteiger partial charge in [0.15, 0.2) is 0 Å². The normalized spacial score (nSPS) is 19.1. The summed E-state index contributed by atoms with van der Waals surface area (Å²) in [6.45, 7) is 2.71. The minimum atomic E-state index is -0.742. The number of nitrogens with zero attached hydrogens (tertiary/aromatic N) is 2. The zero-order valence-corrected chi connectivity index (χ0v) is 21.2. The number of carboxylic acid groups (broad SMARTS) is 1. The number of aromatic amines is 1.